The molecule has 1 saturated carbocycles. The van der Waals surface area contributed by atoms with Gasteiger partial charge in [0.15, 0.2) is 0 Å². The Morgan fingerprint density at radius 1 is 1.62 bits per heavy atom. The van der Waals surface area contributed by atoms with Crippen molar-refractivity contribution in [3.63, 3.8) is 0 Å². The molecule has 0 saturated heterocycles. The molecule has 0 radical (unpaired) electrons. The zero-order chi connectivity index (χ0) is 9.84. The monoisotopic (exact) mass is 183 g/mol. The molecule has 0 aromatic rings. The van der Waals surface area contributed by atoms with Gasteiger partial charge in [-0.1, -0.05) is 20.3 Å². The fourth-order valence-corrected chi connectivity index (χ4v) is 1.50. The zero-order valence-corrected chi connectivity index (χ0v) is 8.32. The topological polar surface area (TPSA) is 43.1 Å². The smallest absolute Gasteiger partial charge is 0.242 e. The predicted octanol–water partition coefficient (Wildman–Crippen LogP) is 2.99. The quantitative estimate of drug-likeness (QED) is 0.496. The fraction of sp³-hybridized carbons (Fsp3) is 0.800. The summed E-state index contributed by atoms with van der Waals surface area (Å²) < 4.78 is 0. The van der Waals surface area contributed by atoms with Gasteiger partial charge in [-0.05, 0) is 30.8 Å². The first-order valence-electron chi connectivity index (χ1n) is 4.94. The lowest BCUT2D eigenvalue weighted by Crippen LogP contribution is -2.12. The van der Waals surface area contributed by atoms with E-state index in [-0.39, 0.29) is 4.92 Å². The van der Waals surface area contributed by atoms with Crippen molar-refractivity contribution in [2.75, 3.05) is 0 Å². The minimum Gasteiger partial charge on any atom is -0.259 e. The summed E-state index contributed by atoms with van der Waals surface area (Å²) in [6.45, 7) is 4.02. The third-order valence-corrected chi connectivity index (χ3v) is 2.43. The van der Waals surface area contributed by atoms with Gasteiger partial charge in [0.1, 0.15) is 0 Å². The lowest BCUT2D eigenvalue weighted by Gasteiger charge is -2.21. The van der Waals surface area contributed by atoms with Crippen LogP contribution >= 0.6 is 0 Å². The Labute approximate surface area is 79.0 Å². The molecule has 74 valence electrons. The van der Waals surface area contributed by atoms with Gasteiger partial charge in [-0.15, -0.1) is 0 Å². The first-order chi connectivity index (χ1) is 6.09. The van der Waals surface area contributed by atoms with E-state index in [9.17, 15) is 10.1 Å². The molecule has 0 bridgehead atoms. The molecule has 0 aromatic carbocycles. The van der Waals surface area contributed by atoms with Gasteiger partial charge in [0.2, 0.25) is 5.70 Å². The summed E-state index contributed by atoms with van der Waals surface area (Å²) in [4.78, 5) is 10.4. The van der Waals surface area contributed by atoms with Gasteiger partial charge in [0.05, 0.1) is 4.92 Å². The Hall–Kier alpha value is -0.860. The van der Waals surface area contributed by atoms with Crippen molar-refractivity contribution in [3.05, 3.63) is 21.9 Å². The molecule has 3 heteroatoms. The van der Waals surface area contributed by atoms with Crippen LogP contribution in [0.15, 0.2) is 11.8 Å². The van der Waals surface area contributed by atoms with Crippen LogP contribution in [0.25, 0.3) is 0 Å². The van der Waals surface area contributed by atoms with Crippen molar-refractivity contribution in [1.82, 2.24) is 0 Å². The summed E-state index contributed by atoms with van der Waals surface area (Å²) in [7, 11) is 0. The van der Waals surface area contributed by atoms with E-state index >= 15 is 0 Å². The number of rotatable bonds is 4. The van der Waals surface area contributed by atoms with Crippen LogP contribution < -0.4 is 0 Å². The van der Waals surface area contributed by atoms with E-state index < -0.39 is 0 Å². The van der Waals surface area contributed by atoms with Crippen molar-refractivity contribution < 1.29 is 4.92 Å². The largest absolute Gasteiger partial charge is 0.259 e. The number of hydrogen-bond acceptors (Lipinski definition) is 2. The Bertz CT molecular complexity index is 217. The highest BCUT2D eigenvalue weighted by Crippen LogP contribution is 2.29. The second-order valence-electron chi connectivity index (χ2n) is 4.20. The minimum absolute atomic E-state index is 0.224. The van der Waals surface area contributed by atoms with Crippen LogP contribution in [0, 0.1) is 22.0 Å². The van der Waals surface area contributed by atoms with Crippen molar-refractivity contribution >= 4 is 0 Å². The van der Waals surface area contributed by atoms with E-state index in [1.54, 1.807) is 0 Å². The fourth-order valence-electron chi connectivity index (χ4n) is 1.50. The summed E-state index contributed by atoms with van der Waals surface area (Å²) in [6.07, 6.45) is 5.96. The molecule has 13 heavy (non-hydrogen) atoms. The number of nitrogens with zero attached hydrogens (tertiary/aromatic N) is 1. The highest BCUT2D eigenvalue weighted by Gasteiger charge is 2.20. The molecular weight excluding hydrogens is 166 g/mol. The van der Waals surface area contributed by atoms with E-state index in [0.717, 1.165) is 12.8 Å². The van der Waals surface area contributed by atoms with E-state index in [1.807, 2.05) is 19.9 Å². The standard InChI is InChI=1S/C10H17NO2/c1-8(2)6-10(11(12)13)7-9-4-3-5-9/h7-9H,3-6H2,1-2H3. The molecule has 1 aliphatic carbocycles. The van der Waals surface area contributed by atoms with E-state index in [0.29, 0.717) is 24.0 Å². The predicted molar refractivity (Wildman–Crippen MR) is 51.9 cm³/mol. The third-order valence-electron chi connectivity index (χ3n) is 2.43. The van der Waals surface area contributed by atoms with Crippen LogP contribution in [-0.4, -0.2) is 4.92 Å². The maximum atomic E-state index is 10.6. The first kappa shape index (κ1) is 10.2. The van der Waals surface area contributed by atoms with Gasteiger partial charge in [-0.3, -0.25) is 10.1 Å². The van der Waals surface area contributed by atoms with Crippen molar-refractivity contribution in [1.29, 1.82) is 0 Å². The van der Waals surface area contributed by atoms with E-state index in [4.69, 9.17) is 0 Å². The van der Waals surface area contributed by atoms with Gasteiger partial charge in [-0.2, -0.15) is 0 Å². The highest BCUT2D eigenvalue weighted by atomic mass is 16.6. The maximum absolute atomic E-state index is 10.6. The Kier molecular flexibility index (Phi) is 3.46. The molecule has 1 aliphatic rings. The van der Waals surface area contributed by atoms with Gasteiger partial charge in [0, 0.05) is 6.42 Å². The molecular formula is C10H17NO2. The second kappa shape index (κ2) is 4.40. The summed E-state index contributed by atoms with van der Waals surface area (Å²) in [5.74, 6) is 0.857. The minimum atomic E-state index is -0.224. The van der Waals surface area contributed by atoms with E-state index in [1.165, 1.54) is 6.42 Å². The van der Waals surface area contributed by atoms with Crippen LogP contribution in [0.3, 0.4) is 0 Å². The second-order valence-corrected chi connectivity index (χ2v) is 4.20. The highest BCUT2D eigenvalue weighted by molar-refractivity contribution is 4.99. The summed E-state index contributed by atoms with van der Waals surface area (Å²) in [5.41, 5.74) is 0.416. The molecule has 0 amide bonds. The average molecular weight is 183 g/mol. The number of hydrogen-bond donors (Lipinski definition) is 0. The Morgan fingerprint density at radius 3 is 2.54 bits per heavy atom. The molecule has 0 atom stereocenters. The number of nitro groups is 1. The molecule has 0 N–H and O–H groups in total. The summed E-state index contributed by atoms with van der Waals surface area (Å²) in [5, 5.41) is 10.6. The van der Waals surface area contributed by atoms with Crippen molar-refractivity contribution in [3.8, 4) is 0 Å². The first-order valence-corrected chi connectivity index (χ1v) is 4.94. The molecule has 0 aliphatic heterocycles. The lowest BCUT2D eigenvalue weighted by atomic mass is 9.84. The van der Waals surface area contributed by atoms with Crippen molar-refractivity contribution in [2.24, 2.45) is 11.8 Å². The van der Waals surface area contributed by atoms with E-state index in [2.05, 4.69) is 0 Å². The van der Waals surface area contributed by atoms with Gasteiger partial charge >= 0.3 is 0 Å². The SMILES string of the molecule is CC(C)CC(=CC1CCC1)[N+](=O)[O-]. The van der Waals surface area contributed by atoms with Crippen LogP contribution in [0.2, 0.25) is 0 Å². The van der Waals surface area contributed by atoms with Crippen LogP contribution in [0.4, 0.5) is 0 Å². The Balaban J connectivity index is 2.54. The third kappa shape index (κ3) is 3.17. The average Bonchev–Trinajstić information content (AvgIpc) is 1.92. The molecule has 0 heterocycles. The number of allylic oxidation sites excluding steroid dienone is 2. The molecule has 1 fully saturated rings. The van der Waals surface area contributed by atoms with Gasteiger partial charge in [0.25, 0.3) is 0 Å². The lowest BCUT2D eigenvalue weighted by molar-refractivity contribution is -0.429. The maximum Gasteiger partial charge on any atom is 0.242 e. The molecule has 3 nitrogen and oxygen atoms in total. The Morgan fingerprint density at radius 2 is 2.23 bits per heavy atom. The summed E-state index contributed by atoms with van der Waals surface area (Å²) in [6, 6.07) is 0. The normalized spacial score (nSPS) is 18.8. The van der Waals surface area contributed by atoms with Crippen LogP contribution in [-0.2, 0) is 0 Å². The van der Waals surface area contributed by atoms with Crippen molar-refractivity contribution in [2.45, 2.75) is 39.5 Å². The van der Waals surface area contributed by atoms with Gasteiger partial charge in [-0.25, -0.2) is 0 Å². The molecule has 0 spiro atoms. The molecule has 0 unspecified atom stereocenters. The van der Waals surface area contributed by atoms with Gasteiger partial charge < -0.3 is 0 Å². The molecule has 0 aromatic heterocycles. The van der Waals surface area contributed by atoms with Crippen LogP contribution in [0.5, 0.6) is 0 Å². The molecule has 1 rings (SSSR count). The summed E-state index contributed by atoms with van der Waals surface area (Å²) >= 11 is 0. The zero-order valence-electron chi connectivity index (χ0n) is 8.32. The van der Waals surface area contributed by atoms with Crippen LogP contribution in [0.1, 0.15) is 39.5 Å².